The van der Waals surface area contributed by atoms with Crippen LogP contribution in [-0.4, -0.2) is 52.1 Å². The third kappa shape index (κ3) is 3.83. The summed E-state index contributed by atoms with van der Waals surface area (Å²) in [5.41, 5.74) is 6.75. The second-order valence-electron chi connectivity index (χ2n) is 8.11. The van der Waals surface area contributed by atoms with Crippen molar-refractivity contribution in [2.24, 2.45) is 5.73 Å². The van der Waals surface area contributed by atoms with E-state index in [1.165, 1.54) is 21.7 Å². The minimum atomic E-state index is -0.762. The first-order valence-electron chi connectivity index (χ1n) is 10.4. The zero-order chi connectivity index (χ0) is 23.3. The van der Waals surface area contributed by atoms with Crippen LogP contribution in [0.2, 0.25) is 5.02 Å². The van der Waals surface area contributed by atoms with E-state index in [0.717, 1.165) is 0 Å². The Labute approximate surface area is 193 Å². The van der Waals surface area contributed by atoms with Crippen LogP contribution in [0.4, 0.5) is 19.7 Å². The molecule has 3 amide bonds. The van der Waals surface area contributed by atoms with Gasteiger partial charge in [-0.15, -0.1) is 0 Å². The van der Waals surface area contributed by atoms with E-state index < -0.39 is 23.9 Å². The van der Waals surface area contributed by atoms with Gasteiger partial charge in [0.05, 0.1) is 22.8 Å². The van der Waals surface area contributed by atoms with Crippen molar-refractivity contribution in [3.05, 3.63) is 65.1 Å². The molecular formula is C23H20ClFN4O4. The molecule has 33 heavy (non-hydrogen) atoms. The van der Waals surface area contributed by atoms with Gasteiger partial charge in [0.15, 0.2) is 5.78 Å². The van der Waals surface area contributed by atoms with Gasteiger partial charge in [-0.2, -0.15) is 0 Å². The number of epoxide rings is 1. The lowest BCUT2D eigenvalue weighted by atomic mass is 10.0. The van der Waals surface area contributed by atoms with Gasteiger partial charge in [-0.25, -0.2) is 14.0 Å². The lowest BCUT2D eigenvalue weighted by Gasteiger charge is -2.26. The first kappa shape index (κ1) is 21.4. The van der Waals surface area contributed by atoms with Crippen LogP contribution in [0.5, 0.6) is 0 Å². The number of urea groups is 1. The van der Waals surface area contributed by atoms with E-state index in [2.05, 4.69) is 5.32 Å². The van der Waals surface area contributed by atoms with E-state index >= 15 is 0 Å². The molecule has 3 aromatic rings. The second-order valence-corrected chi connectivity index (χ2v) is 8.52. The highest BCUT2D eigenvalue weighted by Crippen LogP contribution is 2.38. The number of morpholine rings is 1. The largest absolute Gasteiger partial charge is 0.365 e. The Morgan fingerprint density at radius 3 is 2.76 bits per heavy atom. The van der Waals surface area contributed by atoms with E-state index in [1.54, 1.807) is 36.4 Å². The van der Waals surface area contributed by atoms with Crippen LogP contribution in [0.25, 0.3) is 10.9 Å². The van der Waals surface area contributed by atoms with Gasteiger partial charge in [-0.3, -0.25) is 9.36 Å². The van der Waals surface area contributed by atoms with Crippen molar-refractivity contribution in [2.45, 2.75) is 31.1 Å². The fraction of sp³-hybridized carbons (Fsp3) is 0.261. The van der Waals surface area contributed by atoms with E-state index in [1.807, 2.05) is 0 Å². The van der Waals surface area contributed by atoms with Gasteiger partial charge in [0, 0.05) is 18.0 Å². The number of aryl methyl sites for hydroxylation is 1. The third-order valence-corrected chi connectivity index (χ3v) is 6.39. The van der Waals surface area contributed by atoms with Crippen LogP contribution < -0.4 is 11.1 Å². The number of hydrogen-bond acceptors (Lipinski definition) is 4. The summed E-state index contributed by atoms with van der Waals surface area (Å²) in [5, 5.41) is 3.44. The number of benzene rings is 2. The van der Waals surface area contributed by atoms with Crippen LogP contribution in [-0.2, 0) is 16.0 Å². The van der Waals surface area contributed by atoms with Crippen LogP contribution in [0.1, 0.15) is 12.0 Å². The number of primary amides is 1. The maximum absolute atomic E-state index is 14.2. The Morgan fingerprint density at radius 1 is 1.18 bits per heavy atom. The summed E-state index contributed by atoms with van der Waals surface area (Å²) in [6.07, 6.45) is 1.11. The number of likely N-dealkylation sites (tertiary alicyclic amines) is 1. The number of rotatable bonds is 5. The summed E-state index contributed by atoms with van der Waals surface area (Å²) in [7, 11) is 0. The summed E-state index contributed by atoms with van der Waals surface area (Å²) in [6.45, 7) is 0.271. The summed E-state index contributed by atoms with van der Waals surface area (Å²) >= 11 is 5.82. The van der Waals surface area contributed by atoms with Gasteiger partial charge < -0.3 is 20.7 Å². The van der Waals surface area contributed by atoms with Crippen molar-refractivity contribution in [1.29, 1.82) is 0 Å². The fourth-order valence-electron chi connectivity index (χ4n) is 4.43. The summed E-state index contributed by atoms with van der Waals surface area (Å²) in [4.78, 5) is 39.3. The summed E-state index contributed by atoms with van der Waals surface area (Å²) in [6, 6.07) is 9.76. The molecule has 1 unspecified atom stereocenters. The Balaban J connectivity index is 1.32. The minimum Gasteiger partial charge on any atom is -0.365 e. The van der Waals surface area contributed by atoms with Gasteiger partial charge in [0.1, 0.15) is 24.1 Å². The molecule has 2 fully saturated rings. The molecule has 10 heteroatoms. The number of aromatic nitrogens is 1. The number of ketones is 1. The molecule has 0 aliphatic carbocycles. The Kier molecular flexibility index (Phi) is 5.30. The number of para-hydroxylation sites is 1. The van der Waals surface area contributed by atoms with Gasteiger partial charge in [0.25, 0.3) is 0 Å². The molecule has 3 N–H and O–H groups in total. The molecule has 0 saturated carbocycles. The molecule has 2 aliphatic heterocycles. The number of ether oxygens (including phenoxy) is 1. The molecule has 0 radical (unpaired) electrons. The molecule has 2 aromatic carbocycles. The molecule has 3 heterocycles. The Hall–Kier alpha value is -3.43. The van der Waals surface area contributed by atoms with Crippen molar-refractivity contribution in [3.63, 3.8) is 0 Å². The van der Waals surface area contributed by atoms with Crippen molar-refractivity contribution in [2.75, 3.05) is 11.9 Å². The normalized spacial score (nSPS) is 21.2. The highest BCUT2D eigenvalue weighted by atomic mass is 35.5. The van der Waals surface area contributed by atoms with E-state index in [-0.39, 0.29) is 42.4 Å². The van der Waals surface area contributed by atoms with E-state index in [0.29, 0.717) is 22.2 Å². The van der Waals surface area contributed by atoms with Gasteiger partial charge in [0.2, 0.25) is 0 Å². The molecule has 5 rings (SSSR count). The molecule has 0 spiro atoms. The fourth-order valence-corrected chi connectivity index (χ4v) is 4.62. The number of hydrogen-bond donors (Lipinski definition) is 2. The van der Waals surface area contributed by atoms with Gasteiger partial charge in [-0.05, 0) is 24.1 Å². The Bertz CT molecular complexity index is 1290. The number of nitrogens with two attached hydrogens (primary N) is 1. The first-order chi connectivity index (χ1) is 15.8. The predicted octanol–water partition coefficient (Wildman–Crippen LogP) is 3.55. The van der Waals surface area contributed by atoms with Gasteiger partial charge in [-0.1, -0.05) is 41.9 Å². The highest BCUT2D eigenvalue weighted by Gasteiger charge is 2.58. The zero-order valence-corrected chi connectivity index (χ0v) is 18.1. The van der Waals surface area contributed by atoms with Crippen molar-refractivity contribution >= 4 is 46.0 Å². The number of anilines is 1. The number of nitrogens with one attached hydrogen (secondary N) is 1. The standard InChI is InChI=1S/C23H20ClFN4O4/c24-14-6-3-4-12(19(14)25)8-9-17(30)20-21-18(33-21)11-29(20)23(32)27-15-10-28(22(26)31)16-7-2-1-5-13(15)16/h1-7,10,18,20-21H,8-9,11H2,(H2,26,31)(H,27,32)/t18?,20-,21+/m1/s1. The number of Topliss-reactive ketones (excluding diaryl/α,β-unsaturated/α-hetero) is 1. The highest BCUT2D eigenvalue weighted by molar-refractivity contribution is 6.30. The number of halogens is 2. The summed E-state index contributed by atoms with van der Waals surface area (Å²) in [5.74, 6) is -0.756. The maximum atomic E-state index is 14.2. The van der Waals surface area contributed by atoms with Crippen molar-refractivity contribution < 1.29 is 23.5 Å². The van der Waals surface area contributed by atoms with E-state index in [9.17, 15) is 18.8 Å². The molecule has 1 aromatic heterocycles. The van der Waals surface area contributed by atoms with Crippen LogP contribution in [0.3, 0.4) is 0 Å². The van der Waals surface area contributed by atoms with Crippen LogP contribution in [0, 0.1) is 5.82 Å². The average molecular weight is 471 g/mol. The average Bonchev–Trinajstić information content (AvgIpc) is 3.30. The smallest absolute Gasteiger partial charge is 0.323 e. The van der Waals surface area contributed by atoms with Crippen LogP contribution >= 0.6 is 11.6 Å². The topological polar surface area (TPSA) is 110 Å². The number of fused-ring (bicyclic) bond motifs is 2. The molecular weight excluding hydrogens is 451 g/mol. The lowest BCUT2D eigenvalue weighted by molar-refractivity contribution is -0.123. The molecule has 0 bridgehead atoms. The maximum Gasteiger partial charge on any atom is 0.323 e. The zero-order valence-electron chi connectivity index (χ0n) is 17.3. The molecule has 8 nitrogen and oxygen atoms in total. The quantitative estimate of drug-likeness (QED) is 0.555. The van der Waals surface area contributed by atoms with Gasteiger partial charge >= 0.3 is 12.1 Å². The number of carbonyl (C=O) groups is 3. The second kappa shape index (κ2) is 8.17. The predicted molar refractivity (Wildman–Crippen MR) is 120 cm³/mol. The molecule has 2 aliphatic rings. The Morgan fingerprint density at radius 2 is 1.97 bits per heavy atom. The molecule has 3 atom stereocenters. The van der Waals surface area contributed by atoms with Crippen LogP contribution in [0.15, 0.2) is 48.7 Å². The SMILES string of the molecule is NC(=O)n1cc(NC(=O)N2CC3O[C@@H]3[C@H]2C(=O)CCc2cccc(Cl)c2F)c2ccccc21. The first-order valence-corrected chi connectivity index (χ1v) is 10.8. The summed E-state index contributed by atoms with van der Waals surface area (Å²) < 4.78 is 20.9. The minimum absolute atomic E-state index is 0.00235. The van der Waals surface area contributed by atoms with Crippen molar-refractivity contribution in [3.8, 4) is 0 Å². The van der Waals surface area contributed by atoms with E-state index in [4.69, 9.17) is 22.1 Å². The number of nitrogens with zero attached hydrogens (tertiary/aromatic N) is 2. The third-order valence-electron chi connectivity index (χ3n) is 6.10. The number of amides is 3. The number of carbonyl (C=O) groups excluding carboxylic acids is 3. The van der Waals surface area contributed by atoms with Crippen molar-refractivity contribution in [1.82, 2.24) is 9.47 Å². The monoisotopic (exact) mass is 470 g/mol. The molecule has 170 valence electrons. The molecule has 2 saturated heterocycles. The lowest BCUT2D eigenvalue weighted by Crippen LogP contribution is -2.47.